The van der Waals surface area contributed by atoms with E-state index in [4.69, 9.17) is 9.47 Å². The molecule has 0 fully saturated rings. The average molecular weight is 559 g/mol. The van der Waals surface area contributed by atoms with E-state index < -0.39 is 48.7 Å². The summed E-state index contributed by atoms with van der Waals surface area (Å²) in [6.45, 7) is 1.54. The van der Waals surface area contributed by atoms with Gasteiger partial charge in [-0.2, -0.15) is 4.98 Å². The largest absolute Gasteiger partial charge is 0.492 e. The summed E-state index contributed by atoms with van der Waals surface area (Å²) in [5.41, 5.74) is -0.843. The molecule has 0 aliphatic rings. The predicted octanol–water partition coefficient (Wildman–Crippen LogP) is 3.59. The normalized spacial score (nSPS) is 12.6. The van der Waals surface area contributed by atoms with Crippen molar-refractivity contribution in [3.63, 3.8) is 0 Å². The van der Waals surface area contributed by atoms with Crippen molar-refractivity contribution in [1.82, 2.24) is 9.55 Å². The summed E-state index contributed by atoms with van der Waals surface area (Å²) in [5, 5.41) is 10.5. The van der Waals surface area contributed by atoms with Crippen LogP contribution in [-0.4, -0.2) is 43.4 Å². The topological polar surface area (TPSA) is 108 Å². The average Bonchev–Trinajstić information content (AvgIpc) is 2.78. The number of ether oxygens (including phenoxy) is 2. The van der Waals surface area contributed by atoms with E-state index in [1.807, 2.05) is 0 Å². The zero-order chi connectivity index (χ0) is 25.0. The third-order valence-electron chi connectivity index (χ3n) is 4.90. The minimum absolute atomic E-state index is 0.0181. The molecule has 1 atom stereocenters. The maximum absolute atomic E-state index is 14.1. The molecule has 0 amide bonds. The van der Waals surface area contributed by atoms with Gasteiger partial charge in [0.2, 0.25) is 15.7 Å². The third kappa shape index (κ3) is 5.19. The lowest BCUT2D eigenvalue weighted by Gasteiger charge is -2.24. The van der Waals surface area contributed by atoms with Crippen LogP contribution in [0.25, 0.3) is 0 Å². The van der Waals surface area contributed by atoms with Crippen LogP contribution in [0.3, 0.4) is 0 Å². The summed E-state index contributed by atoms with van der Waals surface area (Å²) >= 11 is 2.94. The van der Waals surface area contributed by atoms with Gasteiger partial charge in [0.1, 0.15) is 24.1 Å². The second-order valence-corrected chi connectivity index (χ2v) is 9.84. The molecule has 1 heterocycles. The van der Waals surface area contributed by atoms with Crippen LogP contribution in [0, 0.1) is 11.6 Å². The van der Waals surface area contributed by atoms with Gasteiger partial charge in [0, 0.05) is 13.7 Å². The fraction of sp³-hybridized carbons (Fsp3) is 0.273. The smallest absolute Gasteiger partial charge is 0.277 e. The molecule has 0 aliphatic carbocycles. The Morgan fingerprint density at radius 3 is 2.56 bits per heavy atom. The van der Waals surface area contributed by atoms with Gasteiger partial charge >= 0.3 is 0 Å². The van der Waals surface area contributed by atoms with E-state index in [1.54, 1.807) is 6.92 Å². The van der Waals surface area contributed by atoms with Crippen LogP contribution in [0.5, 0.6) is 5.88 Å². The molecule has 0 bridgehead atoms. The number of halogens is 3. The van der Waals surface area contributed by atoms with Gasteiger partial charge in [-0.3, -0.25) is 9.36 Å². The van der Waals surface area contributed by atoms with Gasteiger partial charge in [0.05, 0.1) is 22.0 Å². The second-order valence-electron chi connectivity index (χ2n) is 7.10. The third-order valence-corrected chi connectivity index (χ3v) is 7.32. The molecule has 34 heavy (non-hydrogen) atoms. The van der Waals surface area contributed by atoms with Crippen LogP contribution < -0.4 is 5.56 Å². The molecule has 182 valence electrons. The lowest BCUT2D eigenvalue weighted by Crippen LogP contribution is -2.35. The number of nitrogens with zero attached hydrogens (tertiary/aromatic N) is 2. The van der Waals surface area contributed by atoms with E-state index in [9.17, 15) is 27.1 Å². The van der Waals surface area contributed by atoms with Gasteiger partial charge < -0.3 is 14.6 Å². The van der Waals surface area contributed by atoms with Gasteiger partial charge in [-0.15, -0.1) is 0 Å². The van der Waals surface area contributed by atoms with Crippen molar-refractivity contribution in [2.45, 2.75) is 29.4 Å². The first-order chi connectivity index (χ1) is 16.1. The Labute approximate surface area is 202 Å². The number of rotatable bonds is 9. The summed E-state index contributed by atoms with van der Waals surface area (Å²) in [6, 6.07) is 7.30. The number of aromatic hydroxyl groups is 1. The van der Waals surface area contributed by atoms with Crippen molar-refractivity contribution in [2.75, 3.05) is 20.3 Å². The molecule has 1 aromatic heterocycles. The predicted molar refractivity (Wildman–Crippen MR) is 121 cm³/mol. The first-order valence-corrected chi connectivity index (χ1v) is 12.3. The highest BCUT2D eigenvalue weighted by Crippen LogP contribution is 2.29. The van der Waals surface area contributed by atoms with Crippen LogP contribution in [0.4, 0.5) is 8.78 Å². The first-order valence-electron chi connectivity index (χ1n) is 9.98. The van der Waals surface area contributed by atoms with Crippen molar-refractivity contribution >= 4 is 25.8 Å². The molecule has 12 heteroatoms. The monoisotopic (exact) mass is 558 g/mol. The number of benzene rings is 2. The molecule has 3 rings (SSSR count). The van der Waals surface area contributed by atoms with Crippen LogP contribution in [0.15, 0.2) is 61.5 Å². The van der Waals surface area contributed by atoms with E-state index in [1.165, 1.54) is 31.4 Å². The molecule has 2 aromatic carbocycles. The Balaban J connectivity index is 2.33. The molecular weight excluding hydrogens is 538 g/mol. The first kappa shape index (κ1) is 25.9. The molecule has 0 spiro atoms. The highest BCUT2D eigenvalue weighted by molar-refractivity contribution is 9.10. The van der Waals surface area contributed by atoms with E-state index >= 15 is 0 Å². The Bertz CT molecular complexity index is 1360. The molecule has 3 aromatic rings. The van der Waals surface area contributed by atoms with Gasteiger partial charge in [-0.1, -0.05) is 12.1 Å². The van der Waals surface area contributed by atoms with E-state index in [2.05, 4.69) is 20.9 Å². The Morgan fingerprint density at radius 1 is 1.21 bits per heavy atom. The quantitative estimate of drug-likeness (QED) is 0.427. The molecule has 8 nitrogen and oxygen atoms in total. The van der Waals surface area contributed by atoms with Crippen molar-refractivity contribution < 1.29 is 31.8 Å². The number of hydrogen-bond acceptors (Lipinski definition) is 7. The molecule has 0 saturated heterocycles. The van der Waals surface area contributed by atoms with E-state index in [-0.39, 0.29) is 30.1 Å². The summed E-state index contributed by atoms with van der Waals surface area (Å²) < 4.78 is 66.1. The Morgan fingerprint density at radius 2 is 1.94 bits per heavy atom. The molecule has 0 saturated carbocycles. The van der Waals surface area contributed by atoms with Crippen LogP contribution in [0.1, 0.15) is 24.4 Å². The van der Waals surface area contributed by atoms with Crippen molar-refractivity contribution in [2.24, 2.45) is 0 Å². The second kappa shape index (κ2) is 10.7. The van der Waals surface area contributed by atoms with Crippen molar-refractivity contribution in [1.29, 1.82) is 0 Å². The number of methoxy groups -OCH3 is 1. The lowest BCUT2D eigenvalue weighted by molar-refractivity contribution is 0.116. The zero-order valence-electron chi connectivity index (χ0n) is 18.2. The highest BCUT2D eigenvalue weighted by Gasteiger charge is 2.32. The van der Waals surface area contributed by atoms with E-state index in [0.29, 0.717) is 5.56 Å². The number of sulfone groups is 1. The lowest BCUT2D eigenvalue weighted by atomic mass is 10.1. The highest BCUT2D eigenvalue weighted by atomic mass is 79.9. The van der Waals surface area contributed by atoms with E-state index in [0.717, 1.165) is 22.8 Å². The summed E-state index contributed by atoms with van der Waals surface area (Å²) in [6.07, 6.45) is 0. The van der Waals surface area contributed by atoms with Crippen molar-refractivity contribution in [3.8, 4) is 5.88 Å². The van der Waals surface area contributed by atoms with Gasteiger partial charge in [-0.25, -0.2) is 17.2 Å². The molecule has 0 aliphatic heterocycles. The standard InChI is InChI=1S/C22H21BrF2N2O6S/c1-3-33-12-19-26-21(28)20(34(30,31)15-7-8-16(23)17(25)10-15)22(29)27(19)18(11-32-2)13-5-4-6-14(24)9-13/h4-10,18,28H,3,11-12H2,1-2H3. The Hall–Kier alpha value is -2.67. The fourth-order valence-corrected chi connectivity index (χ4v) is 4.96. The molecule has 1 N–H and O–H groups in total. The minimum atomic E-state index is -4.70. The van der Waals surface area contributed by atoms with Crippen LogP contribution >= 0.6 is 15.9 Å². The van der Waals surface area contributed by atoms with Crippen LogP contribution in [-0.2, 0) is 25.9 Å². The molecule has 0 radical (unpaired) electrons. The Kier molecular flexibility index (Phi) is 8.18. The SMILES string of the molecule is CCOCc1nc(O)c(S(=O)(=O)c2ccc(Br)c(F)c2)c(=O)n1C(COC)c1cccc(F)c1. The fourth-order valence-electron chi connectivity index (χ4n) is 3.35. The van der Waals surface area contributed by atoms with Gasteiger partial charge in [0.15, 0.2) is 4.90 Å². The van der Waals surface area contributed by atoms with Gasteiger partial charge in [0.25, 0.3) is 5.56 Å². The zero-order valence-corrected chi connectivity index (χ0v) is 20.6. The summed E-state index contributed by atoms with van der Waals surface area (Å²) in [7, 11) is -3.34. The molecular formula is C22H21BrF2N2O6S. The van der Waals surface area contributed by atoms with Gasteiger partial charge in [-0.05, 0) is 58.7 Å². The minimum Gasteiger partial charge on any atom is -0.492 e. The van der Waals surface area contributed by atoms with Crippen LogP contribution in [0.2, 0.25) is 0 Å². The summed E-state index contributed by atoms with van der Waals surface area (Å²) in [5.74, 6) is -2.62. The molecule has 1 unspecified atom stereocenters. The number of aromatic nitrogens is 2. The summed E-state index contributed by atoms with van der Waals surface area (Å²) in [4.78, 5) is 15.9. The van der Waals surface area contributed by atoms with Crippen molar-refractivity contribution in [3.05, 3.63) is 80.3 Å². The maximum atomic E-state index is 14.1. The maximum Gasteiger partial charge on any atom is 0.277 e. The number of hydrogen-bond donors (Lipinski definition) is 1.